The van der Waals surface area contributed by atoms with Gasteiger partial charge in [-0.05, 0) is 28.9 Å². The molecule has 9 heteroatoms. The maximum atomic E-state index is 12.6. The van der Waals surface area contributed by atoms with Gasteiger partial charge in [-0.25, -0.2) is 8.42 Å². The van der Waals surface area contributed by atoms with Crippen LogP contribution in [-0.2, 0) is 10.0 Å². The molecule has 1 aromatic carbocycles. The highest BCUT2D eigenvalue weighted by atomic mass is 79.9. The summed E-state index contributed by atoms with van der Waals surface area (Å²) in [6.45, 7) is 3.57. The molecule has 0 fully saturated rings. The van der Waals surface area contributed by atoms with Gasteiger partial charge in [-0.3, -0.25) is 9.10 Å². The van der Waals surface area contributed by atoms with Crippen molar-refractivity contribution >= 4 is 48.4 Å². The highest BCUT2D eigenvalue weighted by molar-refractivity contribution is 9.10. The van der Waals surface area contributed by atoms with Gasteiger partial charge in [0.2, 0.25) is 10.0 Å². The quantitative estimate of drug-likeness (QED) is 0.553. The van der Waals surface area contributed by atoms with Gasteiger partial charge >= 0.3 is 0 Å². The summed E-state index contributed by atoms with van der Waals surface area (Å²) < 4.78 is 36.3. The Balaban J connectivity index is 2.33. The number of anilines is 1. The third-order valence-corrected chi connectivity index (χ3v) is 5.98. The molecule has 0 unspecified atom stereocenters. The summed E-state index contributed by atoms with van der Waals surface area (Å²) >= 11 is 3.39. The zero-order chi connectivity index (χ0) is 19.2. The predicted octanol–water partition coefficient (Wildman–Crippen LogP) is 4.15. The highest BCUT2D eigenvalue weighted by Crippen LogP contribution is 2.40. The summed E-state index contributed by atoms with van der Waals surface area (Å²) in [7, 11) is -2.00. The van der Waals surface area contributed by atoms with Crippen LogP contribution in [0.4, 0.5) is 5.69 Å². The fourth-order valence-electron chi connectivity index (χ4n) is 2.65. The fourth-order valence-corrected chi connectivity index (χ4v) is 3.89. The molecule has 0 aliphatic heterocycles. The topological polar surface area (TPSA) is 93.6 Å². The van der Waals surface area contributed by atoms with Crippen LogP contribution in [0.15, 0.2) is 31.8 Å². The highest BCUT2D eigenvalue weighted by Gasteiger charge is 2.26. The molecule has 0 aliphatic rings. The van der Waals surface area contributed by atoms with Crippen LogP contribution in [0.5, 0.6) is 0 Å². The second-order valence-corrected chi connectivity index (χ2v) is 8.83. The lowest BCUT2D eigenvalue weighted by molar-refractivity contribution is 0.0989. The first-order chi connectivity index (χ1) is 12.1. The van der Waals surface area contributed by atoms with Crippen molar-refractivity contribution in [2.24, 2.45) is 0 Å². The second-order valence-electron chi connectivity index (χ2n) is 5.96. The van der Waals surface area contributed by atoms with E-state index in [0.717, 1.165) is 16.1 Å². The standard InChI is InChI=1S/C17H17BrN2O5S/c1-5-13(21)15-10-6-11(18)12(20(3)26(4,22)23)7-14(10)25-17(15)16-9(2)8-24-19-16/h6-8H,5H2,1-4H3. The fraction of sp³-hybridized carbons (Fsp3) is 0.294. The van der Waals surface area contributed by atoms with Gasteiger partial charge in [0, 0.05) is 35.0 Å². The third-order valence-electron chi connectivity index (χ3n) is 4.16. The molecule has 0 radical (unpaired) electrons. The molecule has 2 heterocycles. The number of sulfonamides is 1. The maximum Gasteiger partial charge on any atom is 0.232 e. The molecule has 7 nitrogen and oxygen atoms in total. The summed E-state index contributed by atoms with van der Waals surface area (Å²) in [5.74, 6) is 0.224. The van der Waals surface area contributed by atoms with E-state index in [1.54, 1.807) is 26.0 Å². The van der Waals surface area contributed by atoms with Crippen LogP contribution in [0, 0.1) is 6.92 Å². The average Bonchev–Trinajstić information content (AvgIpc) is 3.14. The van der Waals surface area contributed by atoms with Crippen LogP contribution in [-0.4, -0.2) is 32.7 Å². The smallest absolute Gasteiger partial charge is 0.232 e. The summed E-state index contributed by atoms with van der Waals surface area (Å²) in [4.78, 5) is 12.6. The monoisotopic (exact) mass is 440 g/mol. The van der Waals surface area contributed by atoms with Crippen LogP contribution in [0.1, 0.15) is 29.3 Å². The Morgan fingerprint density at radius 3 is 2.58 bits per heavy atom. The van der Waals surface area contributed by atoms with Crippen molar-refractivity contribution in [3.8, 4) is 11.5 Å². The molecule has 0 spiro atoms. The lowest BCUT2D eigenvalue weighted by atomic mass is 10.0. The number of furan rings is 1. The molecule has 3 aromatic rings. The van der Waals surface area contributed by atoms with Crippen LogP contribution >= 0.6 is 15.9 Å². The number of aromatic nitrogens is 1. The Hall–Kier alpha value is -2.13. The van der Waals surface area contributed by atoms with Gasteiger partial charge in [-0.15, -0.1) is 0 Å². The summed E-state index contributed by atoms with van der Waals surface area (Å²) in [6.07, 6.45) is 2.88. The van der Waals surface area contributed by atoms with E-state index >= 15 is 0 Å². The third kappa shape index (κ3) is 3.05. The van der Waals surface area contributed by atoms with Gasteiger partial charge in [0.1, 0.15) is 11.8 Å². The number of Topliss-reactive ketones (excluding diaryl/α,β-unsaturated/α-hetero) is 1. The van der Waals surface area contributed by atoms with E-state index in [-0.39, 0.29) is 5.78 Å². The number of hydrogen-bond donors (Lipinski definition) is 0. The SMILES string of the molecule is CCC(=O)c1c(-c2nocc2C)oc2cc(N(C)S(C)(=O)=O)c(Br)cc12. The summed E-state index contributed by atoms with van der Waals surface area (Å²) in [6, 6.07) is 3.28. The van der Waals surface area contributed by atoms with Crippen molar-refractivity contribution in [1.29, 1.82) is 0 Å². The van der Waals surface area contributed by atoms with E-state index in [4.69, 9.17) is 8.94 Å². The van der Waals surface area contributed by atoms with Gasteiger partial charge in [0.05, 0.1) is 17.5 Å². The van der Waals surface area contributed by atoms with E-state index in [1.807, 2.05) is 0 Å². The number of benzene rings is 1. The first-order valence-electron chi connectivity index (χ1n) is 7.79. The van der Waals surface area contributed by atoms with Crippen molar-refractivity contribution in [3.63, 3.8) is 0 Å². The lowest BCUT2D eigenvalue weighted by Crippen LogP contribution is -2.25. The zero-order valence-corrected chi connectivity index (χ0v) is 17.1. The van der Waals surface area contributed by atoms with Crippen molar-refractivity contribution in [1.82, 2.24) is 5.16 Å². The number of halogens is 1. The number of carbonyl (C=O) groups is 1. The van der Waals surface area contributed by atoms with Gasteiger partial charge in [-0.1, -0.05) is 12.1 Å². The van der Waals surface area contributed by atoms with E-state index in [2.05, 4.69) is 21.1 Å². The van der Waals surface area contributed by atoms with Crippen molar-refractivity contribution < 1.29 is 22.2 Å². The average molecular weight is 441 g/mol. The van der Waals surface area contributed by atoms with Gasteiger partial charge in [-0.2, -0.15) is 0 Å². The molecule has 0 saturated heterocycles. The number of aryl methyl sites for hydroxylation is 1. The maximum absolute atomic E-state index is 12.6. The van der Waals surface area contributed by atoms with E-state index in [9.17, 15) is 13.2 Å². The Bertz CT molecular complexity index is 1110. The molecule has 0 bridgehead atoms. The van der Waals surface area contributed by atoms with E-state index in [0.29, 0.717) is 44.6 Å². The number of ketones is 1. The van der Waals surface area contributed by atoms with Crippen LogP contribution < -0.4 is 4.31 Å². The molecule has 26 heavy (non-hydrogen) atoms. The van der Waals surface area contributed by atoms with Gasteiger partial charge in [0.25, 0.3) is 0 Å². The lowest BCUT2D eigenvalue weighted by Gasteiger charge is -2.18. The minimum Gasteiger partial charge on any atom is -0.453 e. The molecular weight excluding hydrogens is 424 g/mol. The Morgan fingerprint density at radius 2 is 2.04 bits per heavy atom. The normalized spacial score (nSPS) is 11.9. The largest absolute Gasteiger partial charge is 0.453 e. The van der Waals surface area contributed by atoms with Crippen molar-refractivity contribution in [2.75, 3.05) is 17.6 Å². The zero-order valence-electron chi connectivity index (χ0n) is 14.7. The number of rotatable bonds is 5. The molecule has 3 rings (SSSR count). The summed E-state index contributed by atoms with van der Waals surface area (Å²) in [5, 5.41) is 4.53. The molecule has 0 atom stereocenters. The van der Waals surface area contributed by atoms with Crippen molar-refractivity contribution in [2.45, 2.75) is 20.3 Å². The van der Waals surface area contributed by atoms with Gasteiger partial charge < -0.3 is 8.94 Å². The summed E-state index contributed by atoms with van der Waals surface area (Å²) in [5.41, 5.74) is 2.41. The molecule has 138 valence electrons. The van der Waals surface area contributed by atoms with Crippen molar-refractivity contribution in [3.05, 3.63) is 34.0 Å². The number of carbonyl (C=O) groups excluding carboxylic acids is 1. The molecule has 0 N–H and O–H groups in total. The van der Waals surface area contributed by atoms with Crippen LogP contribution in [0.2, 0.25) is 0 Å². The first kappa shape index (κ1) is 18.7. The minimum absolute atomic E-state index is 0.0998. The number of hydrogen-bond acceptors (Lipinski definition) is 6. The van der Waals surface area contributed by atoms with Crippen LogP contribution in [0.3, 0.4) is 0 Å². The molecule has 2 aromatic heterocycles. The molecule has 0 amide bonds. The molecule has 0 aliphatic carbocycles. The first-order valence-corrected chi connectivity index (χ1v) is 10.4. The Labute approximate surface area is 159 Å². The van der Waals surface area contributed by atoms with Crippen LogP contribution in [0.25, 0.3) is 22.4 Å². The number of fused-ring (bicyclic) bond motifs is 1. The minimum atomic E-state index is -3.45. The molecule has 0 saturated carbocycles. The van der Waals surface area contributed by atoms with E-state index in [1.165, 1.54) is 13.3 Å². The Morgan fingerprint density at radius 1 is 1.35 bits per heavy atom. The number of nitrogens with zero attached hydrogens (tertiary/aromatic N) is 2. The van der Waals surface area contributed by atoms with E-state index < -0.39 is 10.0 Å². The Kier molecular flexibility index (Phi) is 4.70. The predicted molar refractivity (Wildman–Crippen MR) is 102 cm³/mol. The molecular formula is C17H17BrN2O5S. The van der Waals surface area contributed by atoms with Gasteiger partial charge in [0.15, 0.2) is 17.2 Å². The second kappa shape index (κ2) is 6.55.